The second-order valence-electron chi connectivity index (χ2n) is 3.87. The van der Waals surface area contributed by atoms with Crippen molar-refractivity contribution in [1.82, 2.24) is 5.32 Å². The zero-order valence-electron chi connectivity index (χ0n) is 10.7. The zero-order valence-corrected chi connectivity index (χ0v) is 13.1. The minimum absolute atomic E-state index is 0.130. The lowest BCUT2D eigenvalue weighted by molar-refractivity contribution is -0.385. The molecular formula is C12H15BrN2O4S. The predicted octanol–water partition coefficient (Wildman–Crippen LogP) is 2.20. The average molecular weight is 363 g/mol. The highest BCUT2D eigenvalue weighted by molar-refractivity contribution is 9.10. The first-order chi connectivity index (χ1) is 9.56. The summed E-state index contributed by atoms with van der Waals surface area (Å²) in [5, 5.41) is 22.1. The molecule has 6 nitrogen and oxygen atoms in total. The maximum atomic E-state index is 11.8. The second-order valence-corrected chi connectivity index (χ2v) is 5.95. The van der Waals surface area contributed by atoms with Gasteiger partial charge in [-0.2, -0.15) is 11.8 Å². The third-order valence-corrected chi connectivity index (χ3v) is 4.12. The first kappa shape index (κ1) is 16.9. The molecule has 8 heteroatoms. The summed E-state index contributed by atoms with van der Waals surface area (Å²) in [6.45, 7) is 0.653. The Bertz CT molecular complexity index is 485. The normalized spacial score (nSPS) is 10.3. The van der Waals surface area contributed by atoms with E-state index >= 15 is 0 Å². The van der Waals surface area contributed by atoms with E-state index in [0.29, 0.717) is 11.0 Å². The maximum Gasteiger partial charge on any atom is 0.284 e. The van der Waals surface area contributed by atoms with Crippen molar-refractivity contribution in [2.75, 3.05) is 24.7 Å². The maximum absolute atomic E-state index is 11.8. The molecule has 0 saturated carbocycles. The minimum Gasteiger partial charge on any atom is -0.396 e. The number of nitrogens with zero attached hydrogens (tertiary/aromatic N) is 1. The molecule has 0 atom stereocenters. The van der Waals surface area contributed by atoms with Crippen LogP contribution in [0.25, 0.3) is 0 Å². The smallest absolute Gasteiger partial charge is 0.284 e. The number of nitrogens with one attached hydrogen (secondary N) is 1. The van der Waals surface area contributed by atoms with Gasteiger partial charge in [-0.3, -0.25) is 14.9 Å². The molecule has 0 unspecified atom stereocenters. The van der Waals surface area contributed by atoms with Gasteiger partial charge in [0, 0.05) is 30.5 Å². The Kier molecular flexibility index (Phi) is 7.56. The number of amides is 1. The number of rotatable bonds is 8. The Morgan fingerprint density at radius 2 is 2.20 bits per heavy atom. The van der Waals surface area contributed by atoms with Gasteiger partial charge in [0.25, 0.3) is 11.6 Å². The predicted molar refractivity (Wildman–Crippen MR) is 82.2 cm³/mol. The first-order valence-corrected chi connectivity index (χ1v) is 7.91. The lowest BCUT2D eigenvalue weighted by Gasteiger charge is -2.05. The lowest BCUT2D eigenvalue weighted by atomic mass is 10.2. The number of carbonyl (C=O) groups excluding carboxylic acids is 1. The second kappa shape index (κ2) is 8.93. The van der Waals surface area contributed by atoms with Crippen LogP contribution in [0.3, 0.4) is 0 Å². The third kappa shape index (κ3) is 5.48. The standard InChI is InChI=1S/C12H15BrN2O4S/c13-10-3-2-9(8-11(10)15(18)19)12(17)14-4-7-20-6-1-5-16/h2-3,8,16H,1,4-7H2,(H,14,17). The van der Waals surface area contributed by atoms with Crippen LogP contribution in [-0.2, 0) is 0 Å². The van der Waals surface area contributed by atoms with E-state index in [1.807, 2.05) is 0 Å². The van der Waals surface area contributed by atoms with Crippen LogP contribution in [-0.4, -0.2) is 40.6 Å². The fraction of sp³-hybridized carbons (Fsp3) is 0.417. The Labute approximate surface area is 129 Å². The summed E-state index contributed by atoms with van der Waals surface area (Å²) < 4.78 is 0.346. The van der Waals surface area contributed by atoms with E-state index in [0.717, 1.165) is 17.9 Å². The van der Waals surface area contributed by atoms with Gasteiger partial charge < -0.3 is 10.4 Å². The van der Waals surface area contributed by atoms with Crippen molar-refractivity contribution in [2.45, 2.75) is 6.42 Å². The van der Waals surface area contributed by atoms with E-state index < -0.39 is 4.92 Å². The number of nitro benzene ring substituents is 1. The van der Waals surface area contributed by atoms with Crippen LogP contribution < -0.4 is 5.32 Å². The van der Waals surface area contributed by atoms with Crippen LogP contribution in [0.5, 0.6) is 0 Å². The molecule has 0 saturated heterocycles. The van der Waals surface area contributed by atoms with Crippen LogP contribution >= 0.6 is 27.7 Å². The largest absolute Gasteiger partial charge is 0.396 e. The van der Waals surface area contributed by atoms with Crippen molar-refractivity contribution in [3.63, 3.8) is 0 Å². The molecule has 0 aliphatic heterocycles. The summed E-state index contributed by atoms with van der Waals surface area (Å²) in [5.41, 5.74) is 0.134. The molecule has 0 heterocycles. The number of halogens is 1. The van der Waals surface area contributed by atoms with Gasteiger partial charge in [-0.1, -0.05) is 0 Å². The van der Waals surface area contributed by atoms with Crippen molar-refractivity contribution in [1.29, 1.82) is 0 Å². The van der Waals surface area contributed by atoms with E-state index in [1.165, 1.54) is 18.2 Å². The quantitative estimate of drug-likeness (QED) is 0.420. The summed E-state index contributed by atoms with van der Waals surface area (Å²) in [6.07, 6.45) is 0.734. The van der Waals surface area contributed by atoms with E-state index in [2.05, 4.69) is 21.2 Å². The topological polar surface area (TPSA) is 92.5 Å². The highest BCUT2D eigenvalue weighted by Crippen LogP contribution is 2.25. The number of hydrogen-bond acceptors (Lipinski definition) is 5. The van der Waals surface area contributed by atoms with Gasteiger partial charge in [0.1, 0.15) is 0 Å². The van der Waals surface area contributed by atoms with Crippen molar-refractivity contribution < 1.29 is 14.8 Å². The molecule has 1 aromatic carbocycles. The summed E-state index contributed by atoms with van der Waals surface area (Å²) >= 11 is 4.71. The number of thioether (sulfide) groups is 1. The fourth-order valence-corrected chi connectivity index (χ4v) is 2.58. The van der Waals surface area contributed by atoms with Crippen molar-refractivity contribution >= 4 is 39.3 Å². The Hall–Kier alpha value is -1.12. The first-order valence-electron chi connectivity index (χ1n) is 5.97. The molecule has 1 rings (SSSR count). The van der Waals surface area contributed by atoms with Gasteiger partial charge in [0.15, 0.2) is 0 Å². The summed E-state index contributed by atoms with van der Waals surface area (Å²) in [4.78, 5) is 22.1. The summed E-state index contributed by atoms with van der Waals surface area (Å²) in [5.74, 6) is 1.25. The molecule has 1 aromatic rings. The van der Waals surface area contributed by atoms with Crippen LogP contribution in [0.2, 0.25) is 0 Å². The Balaban J connectivity index is 2.47. The SMILES string of the molecule is O=C(NCCSCCCO)c1ccc(Br)c([N+](=O)[O-])c1. The molecule has 2 N–H and O–H groups in total. The molecular weight excluding hydrogens is 348 g/mol. The molecule has 0 fully saturated rings. The average Bonchev–Trinajstić information content (AvgIpc) is 2.42. The van der Waals surface area contributed by atoms with Crippen molar-refractivity contribution in [3.05, 3.63) is 38.3 Å². The number of aliphatic hydroxyl groups excluding tert-OH is 1. The molecule has 0 bridgehead atoms. The molecule has 1 amide bonds. The molecule has 0 spiro atoms. The molecule has 0 radical (unpaired) electrons. The lowest BCUT2D eigenvalue weighted by Crippen LogP contribution is -2.25. The fourth-order valence-electron chi connectivity index (χ4n) is 1.40. The molecule has 0 aromatic heterocycles. The number of carbonyl (C=O) groups is 1. The van der Waals surface area contributed by atoms with Gasteiger partial charge >= 0.3 is 0 Å². The third-order valence-electron chi connectivity index (χ3n) is 2.38. The molecule has 110 valence electrons. The number of nitro groups is 1. The van der Waals surface area contributed by atoms with Crippen molar-refractivity contribution in [3.8, 4) is 0 Å². The van der Waals surface area contributed by atoms with Crippen molar-refractivity contribution in [2.24, 2.45) is 0 Å². The van der Waals surface area contributed by atoms with Gasteiger partial charge in [0.2, 0.25) is 0 Å². The van der Waals surface area contributed by atoms with E-state index in [-0.39, 0.29) is 23.8 Å². The molecule has 20 heavy (non-hydrogen) atoms. The highest BCUT2D eigenvalue weighted by atomic mass is 79.9. The van der Waals surface area contributed by atoms with E-state index in [4.69, 9.17) is 5.11 Å². The van der Waals surface area contributed by atoms with E-state index in [1.54, 1.807) is 11.8 Å². The summed E-state index contributed by atoms with van der Waals surface area (Å²) in [7, 11) is 0. The Morgan fingerprint density at radius 3 is 2.85 bits per heavy atom. The van der Waals surface area contributed by atoms with Crippen LogP contribution in [0.15, 0.2) is 22.7 Å². The zero-order chi connectivity index (χ0) is 15.0. The number of benzene rings is 1. The van der Waals surface area contributed by atoms with Crippen LogP contribution in [0.4, 0.5) is 5.69 Å². The molecule has 0 aliphatic rings. The van der Waals surface area contributed by atoms with Gasteiger partial charge in [0.05, 0.1) is 9.40 Å². The Morgan fingerprint density at radius 1 is 1.45 bits per heavy atom. The monoisotopic (exact) mass is 362 g/mol. The number of aliphatic hydroxyl groups is 1. The van der Waals surface area contributed by atoms with Gasteiger partial charge in [-0.25, -0.2) is 0 Å². The molecule has 0 aliphatic carbocycles. The van der Waals surface area contributed by atoms with Crippen LogP contribution in [0, 0.1) is 10.1 Å². The van der Waals surface area contributed by atoms with E-state index in [9.17, 15) is 14.9 Å². The van der Waals surface area contributed by atoms with Gasteiger partial charge in [-0.05, 0) is 40.2 Å². The summed E-state index contributed by atoms with van der Waals surface area (Å²) in [6, 6.07) is 4.27. The van der Waals surface area contributed by atoms with Crippen LogP contribution in [0.1, 0.15) is 16.8 Å². The highest BCUT2D eigenvalue weighted by Gasteiger charge is 2.15. The number of hydrogen-bond donors (Lipinski definition) is 2. The minimum atomic E-state index is -0.536. The van der Waals surface area contributed by atoms with Gasteiger partial charge in [-0.15, -0.1) is 0 Å².